The summed E-state index contributed by atoms with van der Waals surface area (Å²) >= 11 is 0. The van der Waals surface area contributed by atoms with Gasteiger partial charge >= 0.3 is 0 Å². The molecule has 0 N–H and O–H groups in total. The van der Waals surface area contributed by atoms with Gasteiger partial charge in [-0.25, -0.2) is 9.97 Å². The van der Waals surface area contributed by atoms with Crippen molar-refractivity contribution in [3.8, 4) is 28.2 Å². The van der Waals surface area contributed by atoms with Gasteiger partial charge in [0.25, 0.3) is 0 Å². The fourth-order valence-electron chi connectivity index (χ4n) is 6.51. The van der Waals surface area contributed by atoms with Crippen molar-refractivity contribution < 1.29 is 0 Å². The molecule has 5 aromatic carbocycles. The summed E-state index contributed by atoms with van der Waals surface area (Å²) in [4.78, 5) is 10.3. The lowest BCUT2D eigenvalue weighted by atomic mass is 10.00. The smallest absolute Gasteiger partial charge is 0.167 e. The van der Waals surface area contributed by atoms with Crippen molar-refractivity contribution >= 4 is 49.4 Å². The average molecular weight is 593 g/mol. The Kier molecular flexibility index (Phi) is 6.88. The molecule has 0 fully saturated rings. The molecule has 8 aromatic rings. The Morgan fingerprint density at radius 1 is 0.717 bits per heavy atom. The normalized spacial score (nSPS) is 12.2. The molecule has 4 nitrogen and oxygen atoms in total. The number of allylic oxidation sites excluding steroid dienone is 5. The van der Waals surface area contributed by atoms with Gasteiger partial charge in [0.15, 0.2) is 5.65 Å². The van der Waals surface area contributed by atoms with Crippen molar-refractivity contribution in [1.82, 2.24) is 19.1 Å². The molecule has 0 saturated carbocycles. The molecule has 8 rings (SSSR count). The van der Waals surface area contributed by atoms with Crippen LogP contribution in [0.4, 0.5) is 0 Å². The van der Waals surface area contributed by atoms with Crippen molar-refractivity contribution in [3.05, 3.63) is 158 Å². The van der Waals surface area contributed by atoms with Crippen molar-refractivity contribution in [1.29, 1.82) is 0 Å². The molecule has 0 aliphatic heterocycles. The first-order valence-electron chi connectivity index (χ1n) is 15.7. The Balaban J connectivity index is 1.36. The molecule has 220 valence electrons. The van der Waals surface area contributed by atoms with Crippen LogP contribution in [0.3, 0.4) is 0 Å². The first-order chi connectivity index (χ1) is 22.7. The molecular formula is C42H32N4. The molecule has 0 radical (unpaired) electrons. The van der Waals surface area contributed by atoms with Crippen LogP contribution in [0.5, 0.6) is 0 Å². The second kappa shape index (κ2) is 11.5. The quantitative estimate of drug-likeness (QED) is 0.173. The minimum absolute atomic E-state index is 0.793. The van der Waals surface area contributed by atoms with E-state index in [0.717, 1.165) is 57.0 Å². The van der Waals surface area contributed by atoms with Gasteiger partial charge in [0.1, 0.15) is 11.3 Å². The average Bonchev–Trinajstić information content (AvgIpc) is 3.66. The highest BCUT2D eigenvalue weighted by molar-refractivity contribution is 6.10. The molecule has 0 spiro atoms. The summed E-state index contributed by atoms with van der Waals surface area (Å²) in [6.07, 6.45) is 10.9. The summed E-state index contributed by atoms with van der Waals surface area (Å²) in [6, 6.07) is 43.0. The van der Waals surface area contributed by atoms with Crippen LogP contribution in [0.2, 0.25) is 0 Å². The number of para-hydroxylation sites is 2. The van der Waals surface area contributed by atoms with Crippen LogP contribution >= 0.6 is 0 Å². The fourth-order valence-corrected chi connectivity index (χ4v) is 6.51. The molecule has 0 aliphatic rings. The number of hydrogen-bond acceptors (Lipinski definition) is 2. The van der Waals surface area contributed by atoms with Gasteiger partial charge in [0, 0.05) is 28.2 Å². The zero-order valence-corrected chi connectivity index (χ0v) is 25.6. The van der Waals surface area contributed by atoms with Crippen molar-refractivity contribution in [2.45, 2.75) is 13.3 Å². The van der Waals surface area contributed by atoms with E-state index < -0.39 is 0 Å². The van der Waals surface area contributed by atoms with Crippen LogP contribution in [0.1, 0.15) is 13.3 Å². The highest BCUT2D eigenvalue weighted by atomic mass is 15.2. The van der Waals surface area contributed by atoms with E-state index in [1.54, 1.807) is 0 Å². The maximum absolute atomic E-state index is 5.38. The number of pyridine rings is 1. The van der Waals surface area contributed by atoms with Crippen LogP contribution in [-0.2, 0) is 0 Å². The highest BCUT2D eigenvalue weighted by Gasteiger charge is 2.21. The van der Waals surface area contributed by atoms with E-state index in [-0.39, 0.29) is 0 Å². The van der Waals surface area contributed by atoms with Gasteiger partial charge in [-0.1, -0.05) is 123 Å². The third kappa shape index (κ3) is 4.54. The molecule has 46 heavy (non-hydrogen) atoms. The molecule has 0 atom stereocenters. The van der Waals surface area contributed by atoms with E-state index >= 15 is 0 Å². The predicted molar refractivity (Wildman–Crippen MR) is 194 cm³/mol. The van der Waals surface area contributed by atoms with Gasteiger partial charge < -0.3 is 4.57 Å². The van der Waals surface area contributed by atoms with Crippen LogP contribution in [0.25, 0.3) is 77.6 Å². The number of aromatic nitrogens is 4. The molecule has 3 aromatic heterocycles. The first-order valence-corrected chi connectivity index (χ1v) is 15.7. The molecule has 4 heteroatoms. The largest absolute Gasteiger partial charge is 0.307 e. The number of hydrogen-bond donors (Lipinski definition) is 0. The lowest BCUT2D eigenvalue weighted by Gasteiger charge is -2.11. The summed E-state index contributed by atoms with van der Waals surface area (Å²) < 4.78 is 4.48. The maximum Gasteiger partial charge on any atom is 0.167 e. The second-order valence-corrected chi connectivity index (χ2v) is 11.4. The third-order valence-corrected chi connectivity index (χ3v) is 8.64. The standard InChI is InChI=1S/C42H32N4/c1-3-5-15-34(12-4-2)45-41(31-23-20-30(21-24-31)33-25-22-29-13-6-7-14-32(29)28-33)44-40-39(26-27-43-42(40)45)46-37-18-10-8-16-35(37)36-17-9-11-19-38(36)46/h4-28H,2-3H2,1H3/b15-5-,34-12+. The second-order valence-electron chi connectivity index (χ2n) is 11.4. The molecular weight excluding hydrogens is 560 g/mol. The van der Waals surface area contributed by atoms with Gasteiger partial charge in [-0.3, -0.25) is 4.57 Å². The molecule has 0 bridgehead atoms. The van der Waals surface area contributed by atoms with E-state index in [4.69, 9.17) is 9.97 Å². The van der Waals surface area contributed by atoms with Crippen LogP contribution < -0.4 is 0 Å². The molecule has 3 heterocycles. The van der Waals surface area contributed by atoms with Gasteiger partial charge in [-0.15, -0.1) is 0 Å². The highest BCUT2D eigenvalue weighted by Crippen LogP contribution is 2.37. The Labute approximate surface area is 267 Å². The van der Waals surface area contributed by atoms with Crippen molar-refractivity contribution in [2.75, 3.05) is 0 Å². The third-order valence-electron chi connectivity index (χ3n) is 8.64. The summed E-state index contributed by atoms with van der Waals surface area (Å²) in [5.41, 5.74) is 9.22. The minimum atomic E-state index is 0.793. The lowest BCUT2D eigenvalue weighted by molar-refractivity contribution is 1.11. The Morgan fingerprint density at radius 3 is 2.09 bits per heavy atom. The lowest BCUT2D eigenvalue weighted by Crippen LogP contribution is -2.00. The zero-order valence-electron chi connectivity index (χ0n) is 25.6. The zero-order chi connectivity index (χ0) is 31.0. The number of imidazole rings is 1. The van der Waals surface area contributed by atoms with Gasteiger partial charge in [0.05, 0.1) is 16.7 Å². The van der Waals surface area contributed by atoms with Crippen LogP contribution in [0, 0.1) is 0 Å². The van der Waals surface area contributed by atoms with Gasteiger partial charge in [0.2, 0.25) is 0 Å². The number of nitrogens with zero attached hydrogens (tertiary/aromatic N) is 4. The van der Waals surface area contributed by atoms with Crippen molar-refractivity contribution in [3.63, 3.8) is 0 Å². The topological polar surface area (TPSA) is 35.6 Å². The minimum Gasteiger partial charge on any atom is -0.307 e. The molecule has 0 aliphatic carbocycles. The first kappa shape index (κ1) is 27.5. The fraction of sp³-hybridized carbons (Fsp3) is 0.0476. The van der Waals surface area contributed by atoms with Crippen LogP contribution in [-0.4, -0.2) is 19.1 Å². The van der Waals surface area contributed by atoms with E-state index in [9.17, 15) is 0 Å². The van der Waals surface area contributed by atoms with E-state index in [1.807, 2.05) is 18.3 Å². The van der Waals surface area contributed by atoms with Crippen molar-refractivity contribution in [2.24, 2.45) is 0 Å². The number of benzene rings is 5. The van der Waals surface area contributed by atoms with Gasteiger partial charge in [-0.05, 0) is 64.7 Å². The molecule has 0 amide bonds. The van der Waals surface area contributed by atoms with E-state index in [0.29, 0.717) is 0 Å². The summed E-state index contributed by atoms with van der Waals surface area (Å²) in [7, 11) is 0. The SMILES string of the molecule is C=C/C=C(\C=C/CC)n1c(-c2ccc(-c3ccc4ccccc4c3)cc2)nc2c(-n3c4ccccc4c4ccccc43)ccnc21. The Bertz CT molecular complexity index is 2420. The van der Waals surface area contributed by atoms with Crippen LogP contribution in [0.15, 0.2) is 158 Å². The number of fused-ring (bicyclic) bond motifs is 5. The molecule has 0 unspecified atom stereocenters. The Morgan fingerprint density at radius 2 is 1.37 bits per heavy atom. The van der Waals surface area contributed by atoms with E-state index in [2.05, 4.69) is 156 Å². The summed E-state index contributed by atoms with van der Waals surface area (Å²) in [5, 5.41) is 4.90. The van der Waals surface area contributed by atoms with E-state index in [1.165, 1.54) is 27.1 Å². The molecule has 0 saturated heterocycles. The predicted octanol–water partition coefficient (Wildman–Crippen LogP) is 11.0. The van der Waals surface area contributed by atoms with Gasteiger partial charge in [-0.2, -0.15) is 0 Å². The Hall–Kier alpha value is -6.00. The summed E-state index contributed by atoms with van der Waals surface area (Å²) in [5.74, 6) is 0.828. The maximum atomic E-state index is 5.38. The summed E-state index contributed by atoms with van der Waals surface area (Å²) in [6.45, 7) is 6.16. The monoisotopic (exact) mass is 592 g/mol. The number of rotatable bonds is 7.